The summed E-state index contributed by atoms with van der Waals surface area (Å²) in [5.41, 5.74) is -0.773. The molecule has 18 heavy (non-hydrogen) atoms. The number of allylic oxidation sites excluding steroid dienone is 1. The Bertz CT molecular complexity index is 452. The molecule has 1 fully saturated rings. The van der Waals surface area contributed by atoms with Crippen LogP contribution in [-0.2, 0) is 9.31 Å². The Balaban J connectivity index is 2.27. The van der Waals surface area contributed by atoms with Crippen LogP contribution in [0.25, 0.3) is 5.57 Å². The maximum absolute atomic E-state index is 14.3. The predicted octanol–water partition coefficient (Wildman–Crippen LogP) is 3.01. The van der Waals surface area contributed by atoms with Gasteiger partial charge in [-0.3, -0.25) is 0 Å². The molecular weight excluding hydrogens is 236 g/mol. The van der Waals surface area contributed by atoms with Gasteiger partial charge < -0.3 is 13.8 Å². The Kier molecular flexibility index (Phi) is 3.11. The lowest BCUT2D eigenvalue weighted by Crippen LogP contribution is -2.41. The van der Waals surface area contributed by atoms with Crippen molar-refractivity contribution in [1.29, 1.82) is 0 Å². The van der Waals surface area contributed by atoms with E-state index in [9.17, 15) is 4.39 Å². The first-order chi connectivity index (χ1) is 8.24. The van der Waals surface area contributed by atoms with Gasteiger partial charge >= 0.3 is 7.12 Å². The summed E-state index contributed by atoms with van der Waals surface area (Å²) in [6.07, 6.45) is 1.40. The quantitative estimate of drug-likeness (QED) is 0.760. The van der Waals surface area contributed by atoms with Crippen LogP contribution >= 0.6 is 0 Å². The fourth-order valence-corrected chi connectivity index (χ4v) is 1.65. The monoisotopic (exact) mass is 253 g/mol. The molecule has 4 nitrogen and oxygen atoms in total. The standard InChI is InChI=1S/C12H17BFNO3/c1-8(9-6-7-16-15-9)10(14)13-17-11(2,3)12(4,5)18-13/h6-7H,1-5H3. The Morgan fingerprint density at radius 2 is 1.78 bits per heavy atom. The zero-order chi connectivity index (χ0) is 13.6. The highest BCUT2D eigenvalue weighted by atomic mass is 19.1. The molecule has 1 saturated heterocycles. The lowest BCUT2D eigenvalue weighted by Gasteiger charge is -2.32. The van der Waals surface area contributed by atoms with Gasteiger partial charge in [0.25, 0.3) is 0 Å². The topological polar surface area (TPSA) is 44.5 Å². The highest BCUT2D eigenvalue weighted by molar-refractivity contribution is 6.55. The van der Waals surface area contributed by atoms with Crippen LogP contribution in [0.15, 0.2) is 22.6 Å². The maximum atomic E-state index is 14.3. The van der Waals surface area contributed by atoms with Crippen molar-refractivity contribution in [3.05, 3.63) is 23.7 Å². The van der Waals surface area contributed by atoms with Crippen molar-refractivity contribution in [2.45, 2.75) is 45.8 Å². The number of hydrogen-bond acceptors (Lipinski definition) is 4. The number of hydrogen-bond donors (Lipinski definition) is 0. The third kappa shape index (κ3) is 2.10. The van der Waals surface area contributed by atoms with Gasteiger partial charge in [0.15, 0.2) is 0 Å². The summed E-state index contributed by atoms with van der Waals surface area (Å²) in [5.74, 6) is 0. The van der Waals surface area contributed by atoms with Crippen LogP contribution < -0.4 is 0 Å². The Hall–Kier alpha value is -1.14. The van der Waals surface area contributed by atoms with Gasteiger partial charge in [0, 0.05) is 11.6 Å². The second kappa shape index (κ2) is 4.21. The summed E-state index contributed by atoms with van der Waals surface area (Å²) in [5, 5.41) is 3.70. The fourth-order valence-electron chi connectivity index (χ4n) is 1.65. The fraction of sp³-hybridized carbons (Fsp3) is 0.583. The Morgan fingerprint density at radius 1 is 1.22 bits per heavy atom. The number of nitrogens with zero attached hydrogens (tertiary/aromatic N) is 1. The van der Waals surface area contributed by atoms with Crippen molar-refractivity contribution < 1.29 is 18.2 Å². The summed E-state index contributed by atoms with van der Waals surface area (Å²) >= 11 is 0. The Labute approximate surface area is 106 Å². The van der Waals surface area contributed by atoms with Crippen LogP contribution in [0.2, 0.25) is 0 Å². The van der Waals surface area contributed by atoms with Crippen LogP contribution in [-0.4, -0.2) is 23.5 Å². The largest absolute Gasteiger partial charge is 0.525 e. The average Bonchev–Trinajstić information content (AvgIpc) is 2.84. The minimum absolute atomic E-state index is 0.363. The molecule has 0 bridgehead atoms. The van der Waals surface area contributed by atoms with Crippen LogP contribution in [0, 0.1) is 0 Å². The Morgan fingerprint density at radius 3 is 2.22 bits per heavy atom. The van der Waals surface area contributed by atoms with Crippen LogP contribution in [0.4, 0.5) is 4.39 Å². The molecule has 0 aromatic carbocycles. The van der Waals surface area contributed by atoms with Gasteiger partial charge in [-0.05, 0) is 34.6 Å². The molecule has 2 heterocycles. The van der Waals surface area contributed by atoms with Crippen molar-refractivity contribution in [2.24, 2.45) is 0 Å². The second-order valence-electron chi connectivity index (χ2n) is 5.45. The van der Waals surface area contributed by atoms with Crippen LogP contribution in [0.3, 0.4) is 0 Å². The molecule has 0 spiro atoms. The molecular formula is C12H17BFNO3. The van der Waals surface area contributed by atoms with Crippen molar-refractivity contribution in [2.75, 3.05) is 0 Å². The van der Waals surface area contributed by atoms with E-state index in [4.69, 9.17) is 13.8 Å². The van der Waals surface area contributed by atoms with E-state index < -0.39 is 24.0 Å². The molecule has 0 atom stereocenters. The minimum atomic E-state index is -0.994. The van der Waals surface area contributed by atoms with E-state index in [0.717, 1.165) is 0 Å². The number of aromatic nitrogens is 1. The van der Waals surface area contributed by atoms with Crippen LogP contribution in [0.1, 0.15) is 40.3 Å². The summed E-state index contributed by atoms with van der Waals surface area (Å²) in [6.45, 7) is 9.15. The molecule has 0 radical (unpaired) electrons. The highest BCUT2D eigenvalue weighted by Gasteiger charge is 2.53. The molecule has 1 aromatic rings. The van der Waals surface area contributed by atoms with Gasteiger partial charge in [0.1, 0.15) is 17.7 Å². The SMILES string of the molecule is CC(=C(F)B1OC(C)(C)C(C)(C)O1)c1ccon1. The third-order valence-electron chi connectivity index (χ3n) is 3.64. The molecule has 0 aliphatic carbocycles. The van der Waals surface area contributed by atoms with Gasteiger partial charge in [-0.1, -0.05) is 5.16 Å². The lowest BCUT2D eigenvalue weighted by molar-refractivity contribution is 0.00578. The summed E-state index contributed by atoms with van der Waals surface area (Å²) in [6, 6.07) is 1.60. The van der Waals surface area contributed by atoms with Gasteiger partial charge in [0.05, 0.1) is 11.2 Å². The molecule has 1 aromatic heterocycles. The van der Waals surface area contributed by atoms with E-state index in [1.807, 2.05) is 27.7 Å². The van der Waals surface area contributed by atoms with E-state index in [1.54, 1.807) is 13.0 Å². The van der Waals surface area contributed by atoms with Crippen molar-refractivity contribution >= 4 is 12.7 Å². The number of rotatable bonds is 2. The predicted molar refractivity (Wildman–Crippen MR) is 66.3 cm³/mol. The molecule has 98 valence electrons. The lowest BCUT2D eigenvalue weighted by atomic mass is 9.84. The van der Waals surface area contributed by atoms with Crippen molar-refractivity contribution in [3.63, 3.8) is 0 Å². The molecule has 1 aliphatic heterocycles. The van der Waals surface area contributed by atoms with Gasteiger partial charge in [-0.2, -0.15) is 0 Å². The van der Waals surface area contributed by atoms with E-state index in [0.29, 0.717) is 11.3 Å². The first-order valence-corrected chi connectivity index (χ1v) is 5.87. The first kappa shape index (κ1) is 13.3. The van der Waals surface area contributed by atoms with E-state index >= 15 is 0 Å². The molecule has 0 saturated carbocycles. The third-order valence-corrected chi connectivity index (χ3v) is 3.64. The van der Waals surface area contributed by atoms with E-state index in [1.165, 1.54) is 6.26 Å². The molecule has 0 unspecified atom stereocenters. The molecule has 6 heteroatoms. The highest BCUT2D eigenvalue weighted by Crippen LogP contribution is 2.39. The minimum Gasteiger partial charge on any atom is -0.398 e. The summed E-state index contributed by atoms with van der Waals surface area (Å²) in [7, 11) is -0.994. The molecule has 2 rings (SSSR count). The first-order valence-electron chi connectivity index (χ1n) is 5.87. The van der Waals surface area contributed by atoms with Crippen LogP contribution in [0.5, 0.6) is 0 Å². The van der Waals surface area contributed by atoms with Crippen molar-refractivity contribution in [1.82, 2.24) is 5.16 Å². The smallest absolute Gasteiger partial charge is 0.398 e. The van der Waals surface area contributed by atoms with Gasteiger partial charge in [0.2, 0.25) is 0 Å². The molecule has 0 N–H and O–H groups in total. The molecule has 0 amide bonds. The van der Waals surface area contributed by atoms with E-state index in [2.05, 4.69) is 5.16 Å². The molecule has 1 aliphatic rings. The van der Waals surface area contributed by atoms with E-state index in [-0.39, 0.29) is 0 Å². The maximum Gasteiger partial charge on any atom is 0.525 e. The zero-order valence-electron chi connectivity index (χ0n) is 11.3. The zero-order valence-corrected chi connectivity index (χ0v) is 11.3. The normalized spacial score (nSPS) is 23.1. The second-order valence-corrected chi connectivity index (χ2v) is 5.45. The van der Waals surface area contributed by atoms with Gasteiger partial charge in [-0.15, -0.1) is 0 Å². The summed E-state index contributed by atoms with van der Waals surface area (Å²) in [4.78, 5) is 0. The summed E-state index contributed by atoms with van der Waals surface area (Å²) < 4.78 is 30.3. The number of halogens is 1. The average molecular weight is 253 g/mol. The van der Waals surface area contributed by atoms with Crippen molar-refractivity contribution in [3.8, 4) is 0 Å². The van der Waals surface area contributed by atoms with Gasteiger partial charge in [-0.25, -0.2) is 4.39 Å².